The first-order valence-electron chi connectivity index (χ1n) is 9.54. The van der Waals surface area contributed by atoms with E-state index in [0.717, 1.165) is 34.9 Å². The van der Waals surface area contributed by atoms with Gasteiger partial charge in [-0.15, -0.1) is 23.1 Å². The van der Waals surface area contributed by atoms with Crippen molar-refractivity contribution in [3.05, 3.63) is 45.9 Å². The van der Waals surface area contributed by atoms with E-state index in [1.807, 2.05) is 31.0 Å². The predicted octanol–water partition coefficient (Wildman–Crippen LogP) is 5.93. The van der Waals surface area contributed by atoms with Crippen molar-refractivity contribution in [2.24, 2.45) is 0 Å². The number of aromatic nitrogens is 1. The number of nitrogens with zero attached hydrogens (tertiary/aromatic N) is 2. The number of benzene rings is 1. The summed E-state index contributed by atoms with van der Waals surface area (Å²) >= 11 is 3.46. The predicted molar refractivity (Wildman–Crippen MR) is 111 cm³/mol. The van der Waals surface area contributed by atoms with Crippen molar-refractivity contribution in [1.29, 1.82) is 0 Å². The van der Waals surface area contributed by atoms with Crippen molar-refractivity contribution in [3.63, 3.8) is 0 Å². The third-order valence-electron chi connectivity index (χ3n) is 5.10. The summed E-state index contributed by atoms with van der Waals surface area (Å²) in [4.78, 5) is 20.5. The highest BCUT2D eigenvalue weighted by Crippen LogP contribution is 2.25. The van der Waals surface area contributed by atoms with E-state index in [9.17, 15) is 4.79 Å². The first-order chi connectivity index (χ1) is 12.6. The molecule has 1 saturated carbocycles. The summed E-state index contributed by atoms with van der Waals surface area (Å²) in [6.45, 7) is 2.03. The van der Waals surface area contributed by atoms with Crippen LogP contribution in [0.5, 0.6) is 0 Å². The van der Waals surface area contributed by atoms with E-state index < -0.39 is 0 Å². The van der Waals surface area contributed by atoms with E-state index in [1.54, 1.807) is 23.1 Å². The van der Waals surface area contributed by atoms with Crippen LogP contribution in [0.2, 0.25) is 0 Å². The minimum atomic E-state index is 0.155. The van der Waals surface area contributed by atoms with Crippen molar-refractivity contribution >= 4 is 29.0 Å². The van der Waals surface area contributed by atoms with Crippen LogP contribution in [0, 0.1) is 6.92 Å². The molecule has 0 spiro atoms. The lowest BCUT2D eigenvalue weighted by Crippen LogP contribution is -2.37. The Morgan fingerprint density at radius 3 is 2.42 bits per heavy atom. The lowest BCUT2D eigenvalue weighted by atomic mass is 9.95. The maximum absolute atomic E-state index is 12.8. The van der Waals surface area contributed by atoms with Gasteiger partial charge in [-0.1, -0.05) is 32.1 Å². The number of carbonyl (C=O) groups is 1. The molecule has 3 rings (SSSR count). The molecule has 1 fully saturated rings. The smallest absolute Gasteiger partial charge is 0.253 e. The average Bonchev–Trinajstić information content (AvgIpc) is 3.04. The van der Waals surface area contributed by atoms with Crippen LogP contribution in [0.3, 0.4) is 0 Å². The molecule has 1 aromatic heterocycles. The molecule has 0 unspecified atom stereocenters. The molecule has 26 heavy (non-hydrogen) atoms. The third kappa shape index (κ3) is 5.34. The molecule has 0 aliphatic heterocycles. The number of amides is 1. The van der Waals surface area contributed by atoms with E-state index in [2.05, 4.69) is 22.5 Å². The van der Waals surface area contributed by atoms with Crippen molar-refractivity contribution in [3.8, 4) is 0 Å². The molecule has 0 N–H and O–H groups in total. The number of hydrogen-bond acceptors (Lipinski definition) is 4. The summed E-state index contributed by atoms with van der Waals surface area (Å²) in [5.74, 6) is 1.03. The Balaban J connectivity index is 1.57. The number of carbonyl (C=O) groups excluding carboxylic acids is 1. The summed E-state index contributed by atoms with van der Waals surface area (Å²) in [5.41, 5.74) is 1.92. The van der Waals surface area contributed by atoms with Gasteiger partial charge in [0.1, 0.15) is 0 Å². The van der Waals surface area contributed by atoms with Gasteiger partial charge in [0.05, 0.1) is 10.7 Å². The van der Waals surface area contributed by atoms with Gasteiger partial charge in [-0.2, -0.15) is 0 Å². The molecule has 1 aliphatic carbocycles. The highest BCUT2D eigenvalue weighted by Gasteiger charge is 2.21. The fourth-order valence-corrected chi connectivity index (χ4v) is 5.03. The second kappa shape index (κ2) is 9.56. The summed E-state index contributed by atoms with van der Waals surface area (Å²) in [7, 11) is 1.97. The van der Waals surface area contributed by atoms with Crippen molar-refractivity contribution in [1.82, 2.24) is 9.88 Å². The Morgan fingerprint density at radius 2 is 1.81 bits per heavy atom. The van der Waals surface area contributed by atoms with Gasteiger partial charge >= 0.3 is 0 Å². The van der Waals surface area contributed by atoms with Crippen LogP contribution < -0.4 is 0 Å². The van der Waals surface area contributed by atoms with Crippen molar-refractivity contribution in [2.75, 3.05) is 7.05 Å². The summed E-state index contributed by atoms with van der Waals surface area (Å²) in [6, 6.07) is 8.45. The van der Waals surface area contributed by atoms with E-state index >= 15 is 0 Å². The molecule has 5 heteroatoms. The maximum atomic E-state index is 12.8. The molecule has 1 amide bonds. The molecule has 3 nitrogen and oxygen atoms in total. The van der Waals surface area contributed by atoms with Crippen LogP contribution >= 0.6 is 23.1 Å². The molecule has 1 aromatic carbocycles. The van der Waals surface area contributed by atoms with E-state index in [0.29, 0.717) is 6.04 Å². The van der Waals surface area contributed by atoms with Crippen molar-refractivity contribution in [2.45, 2.75) is 68.6 Å². The second-order valence-corrected chi connectivity index (χ2v) is 9.20. The van der Waals surface area contributed by atoms with Gasteiger partial charge in [-0.05, 0) is 44.0 Å². The number of hydrogen-bond donors (Lipinski definition) is 0. The van der Waals surface area contributed by atoms with Crippen molar-refractivity contribution < 1.29 is 4.79 Å². The van der Waals surface area contributed by atoms with Gasteiger partial charge in [-0.3, -0.25) is 4.79 Å². The van der Waals surface area contributed by atoms with Gasteiger partial charge < -0.3 is 4.90 Å². The number of aryl methyl sites for hydroxylation is 1. The highest BCUT2D eigenvalue weighted by molar-refractivity contribution is 7.98. The molecule has 140 valence electrons. The Labute approximate surface area is 165 Å². The third-order valence-corrected chi connectivity index (χ3v) is 6.97. The van der Waals surface area contributed by atoms with Crippen LogP contribution in [0.1, 0.15) is 66.0 Å². The Kier molecular flexibility index (Phi) is 7.15. The van der Waals surface area contributed by atoms with Crippen LogP contribution in [0.15, 0.2) is 34.5 Å². The largest absolute Gasteiger partial charge is 0.339 e. The lowest BCUT2D eigenvalue weighted by molar-refractivity contribution is 0.0706. The fraction of sp³-hybridized carbons (Fsp3) is 0.524. The standard InChI is InChI=1S/C21H28N2OS2/c1-16-22-18(14-25-16)15-26-20-12-10-17(11-13-20)21(24)23(2)19-8-6-4-3-5-7-9-19/h10-14,19H,3-9,15H2,1-2H3. The van der Waals surface area contributed by atoms with Crippen LogP contribution in [0.4, 0.5) is 0 Å². The van der Waals surface area contributed by atoms with Crippen LogP contribution in [0.25, 0.3) is 0 Å². The molecule has 0 bridgehead atoms. The maximum Gasteiger partial charge on any atom is 0.253 e. The topological polar surface area (TPSA) is 33.2 Å². The zero-order chi connectivity index (χ0) is 18.4. The Morgan fingerprint density at radius 1 is 1.15 bits per heavy atom. The SMILES string of the molecule is Cc1nc(CSc2ccc(C(=O)N(C)C3CCCCCCC3)cc2)cs1. The summed E-state index contributed by atoms with van der Waals surface area (Å²) in [6.07, 6.45) is 8.74. The minimum absolute atomic E-state index is 0.155. The van der Waals surface area contributed by atoms with Gasteiger partial charge in [0, 0.05) is 34.7 Å². The molecule has 0 radical (unpaired) electrons. The average molecular weight is 389 g/mol. The monoisotopic (exact) mass is 388 g/mol. The quantitative estimate of drug-likeness (QED) is 0.595. The Hall–Kier alpha value is -1.33. The normalized spacial score (nSPS) is 16.1. The zero-order valence-electron chi connectivity index (χ0n) is 15.7. The molecule has 1 heterocycles. The van der Waals surface area contributed by atoms with Gasteiger partial charge in [-0.25, -0.2) is 4.98 Å². The number of thiazole rings is 1. The number of thioether (sulfide) groups is 1. The molecule has 0 saturated heterocycles. The number of rotatable bonds is 5. The minimum Gasteiger partial charge on any atom is -0.339 e. The Bertz CT molecular complexity index is 703. The zero-order valence-corrected chi connectivity index (χ0v) is 17.4. The molecule has 2 aromatic rings. The van der Waals surface area contributed by atoms with Crippen LogP contribution in [-0.2, 0) is 5.75 Å². The van der Waals surface area contributed by atoms with E-state index in [4.69, 9.17) is 0 Å². The van der Waals surface area contributed by atoms with E-state index in [1.165, 1.54) is 37.0 Å². The lowest BCUT2D eigenvalue weighted by Gasteiger charge is -2.30. The van der Waals surface area contributed by atoms with Crippen LogP contribution in [-0.4, -0.2) is 28.9 Å². The summed E-state index contributed by atoms with van der Waals surface area (Å²) in [5, 5.41) is 3.23. The summed E-state index contributed by atoms with van der Waals surface area (Å²) < 4.78 is 0. The first-order valence-corrected chi connectivity index (χ1v) is 11.4. The van der Waals surface area contributed by atoms with E-state index in [-0.39, 0.29) is 5.91 Å². The fourth-order valence-electron chi connectivity index (χ4n) is 3.52. The molecule has 0 atom stereocenters. The van der Waals surface area contributed by atoms with Gasteiger partial charge in [0.15, 0.2) is 0 Å². The molecular formula is C21H28N2OS2. The molecular weight excluding hydrogens is 360 g/mol. The second-order valence-electron chi connectivity index (χ2n) is 7.09. The van der Waals surface area contributed by atoms with Gasteiger partial charge in [0.2, 0.25) is 0 Å². The molecule has 1 aliphatic rings. The first kappa shape index (κ1) is 19.4. The highest BCUT2D eigenvalue weighted by atomic mass is 32.2. The van der Waals surface area contributed by atoms with Gasteiger partial charge in [0.25, 0.3) is 5.91 Å².